The van der Waals surface area contributed by atoms with Crippen LogP contribution < -0.4 is 9.62 Å². The quantitative estimate of drug-likeness (QED) is 0.205. The van der Waals surface area contributed by atoms with E-state index in [9.17, 15) is 31.2 Å². The van der Waals surface area contributed by atoms with Gasteiger partial charge < -0.3 is 10.2 Å². The van der Waals surface area contributed by atoms with E-state index in [-0.39, 0.29) is 29.6 Å². The first-order chi connectivity index (χ1) is 21.4. The molecule has 0 radical (unpaired) electrons. The molecular formula is C34H34F3N3O4S. The predicted octanol–water partition coefficient (Wildman–Crippen LogP) is 6.07. The van der Waals surface area contributed by atoms with E-state index in [0.29, 0.717) is 15.9 Å². The van der Waals surface area contributed by atoms with Gasteiger partial charge in [-0.05, 0) is 55.3 Å². The molecule has 0 aliphatic carbocycles. The molecule has 4 aromatic carbocycles. The van der Waals surface area contributed by atoms with Crippen LogP contribution in [0.1, 0.15) is 30.5 Å². The summed E-state index contributed by atoms with van der Waals surface area (Å²) in [6.07, 6.45) is -4.63. The number of hydrogen-bond acceptors (Lipinski definition) is 4. The lowest BCUT2D eigenvalue weighted by Gasteiger charge is -2.34. The number of carbonyl (C=O) groups excluding carboxylic acids is 2. The lowest BCUT2D eigenvalue weighted by atomic mass is 10.0. The number of hydrogen-bond donors (Lipinski definition) is 1. The third-order valence-electron chi connectivity index (χ3n) is 6.97. The Bertz CT molecular complexity index is 1680. The third kappa shape index (κ3) is 8.72. The van der Waals surface area contributed by atoms with E-state index in [2.05, 4.69) is 5.32 Å². The molecule has 1 unspecified atom stereocenters. The number of amides is 2. The minimum absolute atomic E-state index is 0.0511. The maximum Gasteiger partial charge on any atom is 0.416 e. The van der Waals surface area contributed by atoms with Crippen LogP contribution in [0, 0.1) is 0 Å². The van der Waals surface area contributed by atoms with Crippen molar-refractivity contribution >= 4 is 27.5 Å². The van der Waals surface area contributed by atoms with Gasteiger partial charge in [0.2, 0.25) is 11.8 Å². The molecule has 236 valence electrons. The van der Waals surface area contributed by atoms with Crippen LogP contribution >= 0.6 is 0 Å². The molecule has 0 heterocycles. The molecule has 2 amide bonds. The fourth-order valence-corrected chi connectivity index (χ4v) is 6.23. The molecule has 7 nitrogen and oxygen atoms in total. The molecule has 4 rings (SSSR count). The summed E-state index contributed by atoms with van der Waals surface area (Å²) >= 11 is 0. The van der Waals surface area contributed by atoms with E-state index in [1.165, 1.54) is 35.2 Å². The Hall–Kier alpha value is -4.64. The Morgan fingerprint density at radius 1 is 0.778 bits per heavy atom. The van der Waals surface area contributed by atoms with E-state index >= 15 is 0 Å². The molecule has 11 heteroatoms. The lowest BCUT2D eigenvalue weighted by molar-refractivity contribution is -0.140. The molecular weight excluding hydrogens is 603 g/mol. The fraction of sp³-hybridized carbons (Fsp3) is 0.235. The number of alkyl halides is 3. The Morgan fingerprint density at radius 2 is 1.33 bits per heavy atom. The summed E-state index contributed by atoms with van der Waals surface area (Å²) in [5, 5.41) is 2.86. The Kier molecular flexibility index (Phi) is 10.7. The average molecular weight is 638 g/mol. The van der Waals surface area contributed by atoms with Crippen LogP contribution in [0.2, 0.25) is 0 Å². The second kappa shape index (κ2) is 14.4. The van der Waals surface area contributed by atoms with Gasteiger partial charge in [-0.2, -0.15) is 13.2 Å². The number of sulfonamides is 1. The van der Waals surface area contributed by atoms with E-state index in [4.69, 9.17) is 0 Å². The molecule has 1 atom stereocenters. The number of nitrogens with one attached hydrogen (secondary N) is 1. The van der Waals surface area contributed by atoms with Crippen molar-refractivity contribution in [3.8, 4) is 0 Å². The van der Waals surface area contributed by atoms with Gasteiger partial charge in [0.1, 0.15) is 12.6 Å². The zero-order chi connectivity index (χ0) is 32.6. The normalized spacial score (nSPS) is 12.4. The van der Waals surface area contributed by atoms with Gasteiger partial charge in [-0.1, -0.05) is 84.9 Å². The molecule has 0 aliphatic heterocycles. The summed E-state index contributed by atoms with van der Waals surface area (Å²) < 4.78 is 69.7. The fourth-order valence-electron chi connectivity index (χ4n) is 4.80. The van der Waals surface area contributed by atoms with Crippen LogP contribution in [0.15, 0.2) is 120 Å². The second-order valence-electron chi connectivity index (χ2n) is 10.7. The van der Waals surface area contributed by atoms with E-state index in [1.54, 1.807) is 62.4 Å². The highest BCUT2D eigenvalue weighted by molar-refractivity contribution is 7.92. The highest BCUT2D eigenvalue weighted by Crippen LogP contribution is 2.33. The van der Waals surface area contributed by atoms with Crippen molar-refractivity contribution in [1.29, 1.82) is 0 Å². The molecule has 0 aliphatic rings. The summed E-state index contributed by atoms with van der Waals surface area (Å²) in [4.78, 5) is 29.1. The number of anilines is 1. The van der Waals surface area contributed by atoms with Crippen LogP contribution in [0.4, 0.5) is 18.9 Å². The van der Waals surface area contributed by atoms with Gasteiger partial charge in [-0.3, -0.25) is 13.9 Å². The van der Waals surface area contributed by atoms with Gasteiger partial charge in [0, 0.05) is 19.0 Å². The van der Waals surface area contributed by atoms with Crippen molar-refractivity contribution in [1.82, 2.24) is 10.2 Å². The van der Waals surface area contributed by atoms with Gasteiger partial charge >= 0.3 is 6.18 Å². The standard InChI is InChI=1S/C34H34F3N3O4S/c1-25(2)38-33(42)31(21-26-13-6-3-7-14-26)39(23-27-15-8-4-9-16-27)32(41)24-40(45(43,44)30-19-10-5-11-20-30)29-18-12-17-28(22-29)34(35,36)37/h3-20,22,25,31H,21,23-24H2,1-2H3,(H,38,42). The highest BCUT2D eigenvalue weighted by atomic mass is 32.2. The molecule has 0 saturated carbocycles. The SMILES string of the molecule is CC(C)NC(=O)C(Cc1ccccc1)N(Cc1ccccc1)C(=O)CN(c1cccc(C(F)(F)F)c1)S(=O)(=O)c1ccccc1. The molecule has 0 bridgehead atoms. The number of rotatable bonds is 12. The third-order valence-corrected chi connectivity index (χ3v) is 8.76. The smallest absolute Gasteiger partial charge is 0.352 e. The monoisotopic (exact) mass is 637 g/mol. The predicted molar refractivity (Wildman–Crippen MR) is 167 cm³/mol. The van der Waals surface area contributed by atoms with Crippen LogP contribution in [0.5, 0.6) is 0 Å². The van der Waals surface area contributed by atoms with Crippen molar-refractivity contribution in [2.24, 2.45) is 0 Å². The van der Waals surface area contributed by atoms with Crippen molar-refractivity contribution in [2.75, 3.05) is 10.8 Å². The second-order valence-corrected chi connectivity index (χ2v) is 12.6. The van der Waals surface area contributed by atoms with E-state index in [1.807, 2.05) is 18.2 Å². The summed E-state index contributed by atoms with van der Waals surface area (Å²) in [6.45, 7) is 2.65. The first-order valence-electron chi connectivity index (χ1n) is 14.3. The van der Waals surface area contributed by atoms with Crippen molar-refractivity contribution in [3.05, 3.63) is 132 Å². The zero-order valence-electron chi connectivity index (χ0n) is 24.8. The number of benzene rings is 4. The summed E-state index contributed by atoms with van der Waals surface area (Å²) in [6, 6.07) is 27.6. The summed E-state index contributed by atoms with van der Waals surface area (Å²) in [7, 11) is -4.52. The molecule has 0 saturated heterocycles. The summed E-state index contributed by atoms with van der Waals surface area (Å²) in [5.41, 5.74) is 0.0322. The van der Waals surface area contributed by atoms with Crippen molar-refractivity contribution < 1.29 is 31.2 Å². The molecule has 1 N–H and O–H groups in total. The minimum Gasteiger partial charge on any atom is -0.352 e. The maximum absolute atomic E-state index is 14.3. The molecule has 45 heavy (non-hydrogen) atoms. The molecule has 0 aromatic heterocycles. The lowest BCUT2D eigenvalue weighted by Crippen LogP contribution is -2.54. The summed E-state index contributed by atoms with van der Waals surface area (Å²) in [5.74, 6) is -1.22. The highest BCUT2D eigenvalue weighted by Gasteiger charge is 2.36. The van der Waals surface area contributed by atoms with Crippen LogP contribution in [-0.2, 0) is 38.8 Å². The molecule has 0 spiro atoms. The maximum atomic E-state index is 14.3. The van der Waals surface area contributed by atoms with Crippen LogP contribution in [-0.4, -0.2) is 43.8 Å². The minimum atomic E-state index is -4.75. The number of nitrogens with zero attached hydrogens (tertiary/aromatic N) is 2. The number of halogens is 3. The zero-order valence-corrected chi connectivity index (χ0v) is 25.6. The van der Waals surface area contributed by atoms with Crippen LogP contribution in [0.3, 0.4) is 0 Å². The Labute approximate surface area is 261 Å². The van der Waals surface area contributed by atoms with Gasteiger partial charge in [0.05, 0.1) is 16.1 Å². The topological polar surface area (TPSA) is 86.8 Å². The first kappa shape index (κ1) is 33.3. The van der Waals surface area contributed by atoms with E-state index in [0.717, 1.165) is 17.7 Å². The Morgan fingerprint density at radius 3 is 1.89 bits per heavy atom. The van der Waals surface area contributed by atoms with E-state index < -0.39 is 46.2 Å². The van der Waals surface area contributed by atoms with Gasteiger partial charge in [0.25, 0.3) is 10.0 Å². The first-order valence-corrected chi connectivity index (χ1v) is 15.7. The Balaban J connectivity index is 1.82. The largest absolute Gasteiger partial charge is 0.416 e. The van der Waals surface area contributed by atoms with Gasteiger partial charge in [-0.15, -0.1) is 0 Å². The van der Waals surface area contributed by atoms with Gasteiger partial charge in [-0.25, -0.2) is 8.42 Å². The number of carbonyl (C=O) groups is 2. The van der Waals surface area contributed by atoms with Gasteiger partial charge in [0.15, 0.2) is 0 Å². The van der Waals surface area contributed by atoms with Crippen LogP contribution in [0.25, 0.3) is 0 Å². The molecule has 0 fully saturated rings. The molecule has 4 aromatic rings. The average Bonchev–Trinajstić information content (AvgIpc) is 3.02. The van der Waals surface area contributed by atoms with Crippen molar-refractivity contribution in [2.45, 2.75) is 50.0 Å². The van der Waals surface area contributed by atoms with Crippen molar-refractivity contribution in [3.63, 3.8) is 0 Å².